The number of nitrogen functional groups attached to an aromatic ring is 1. The van der Waals surface area contributed by atoms with E-state index >= 15 is 0 Å². The van der Waals surface area contributed by atoms with Crippen LogP contribution < -0.4 is 11.1 Å². The second-order valence-electron chi connectivity index (χ2n) is 4.52. The smallest absolute Gasteiger partial charge is 0.254 e. The SMILES string of the molecule is Cc1nn(C)c(NC(=O)C2OCCC2C)c1N. The van der Waals surface area contributed by atoms with E-state index in [0.29, 0.717) is 23.8 Å². The number of nitrogens with zero attached hydrogens (tertiary/aromatic N) is 2. The fourth-order valence-electron chi connectivity index (χ4n) is 2.04. The minimum absolute atomic E-state index is 0.148. The molecule has 17 heavy (non-hydrogen) atoms. The summed E-state index contributed by atoms with van der Waals surface area (Å²) in [4.78, 5) is 12.0. The van der Waals surface area contributed by atoms with Gasteiger partial charge in [0.05, 0.1) is 11.4 Å². The molecule has 1 aromatic heterocycles. The third-order valence-corrected chi connectivity index (χ3v) is 3.16. The molecule has 1 aliphatic rings. The fraction of sp³-hybridized carbons (Fsp3) is 0.636. The largest absolute Gasteiger partial charge is 0.394 e. The van der Waals surface area contributed by atoms with E-state index in [9.17, 15) is 4.79 Å². The first-order chi connectivity index (χ1) is 8.00. The standard InChI is InChI=1S/C11H18N4O2/c1-6-4-5-17-9(6)11(16)13-10-8(12)7(2)14-15(10)3/h6,9H,4-5,12H2,1-3H3,(H,13,16). The highest BCUT2D eigenvalue weighted by atomic mass is 16.5. The Balaban J connectivity index is 2.13. The molecule has 3 N–H and O–H groups in total. The van der Waals surface area contributed by atoms with Crippen molar-refractivity contribution in [1.82, 2.24) is 9.78 Å². The molecule has 94 valence electrons. The molecule has 6 heteroatoms. The number of hydrogen-bond acceptors (Lipinski definition) is 4. The molecule has 2 rings (SSSR count). The van der Waals surface area contributed by atoms with E-state index < -0.39 is 0 Å². The van der Waals surface area contributed by atoms with Gasteiger partial charge in [-0.2, -0.15) is 5.10 Å². The topological polar surface area (TPSA) is 82.2 Å². The number of aryl methyl sites for hydroxylation is 2. The van der Waals surface area contributed by atoms with E-state index in [1.165, 1.54) is 0 Å². The molecule has 1 amide bonds. The van der Waals surface area contributed by atoms with Crippen LogP contribution in [-0.2, 0) is 16.6 Å². The minimum atomic E-state index is -0.385. The molecule has 0 radical (unpaired) electrons. The third-order valence-electron chi connectivity index (χ3n) is 3.16. The Bertz CT molecular complexity index is 441. The molecule has 0 aliphatic carbocycles. The Morgan fingerprint density at radius 2 is 2.35 bits per heavy atom. The summed E-state index contributed by atoms with van der Waals surface area (Å²) in [6.07, 6.45) is 0.530. The maximum atomic E-state index is 12.0. The molecule has 0 aromatic carbocycles. The van der Waals surface area contributed by atoms with Crippen LogP contribution in [0.1, 0.15) is 19.0 Å². The first kappa shape index (κ1) is 11.9. The van der Waals surface area contributed by atoms with Gasteiger partial charge < -0.3 is 15.8 Å². The maximum Gasteiger partial charge on any atom is 0.254 e. The van der Waals surface area contributed by atoms with E-state index in [1.54, 1.807) is 18.7 Å². The zero-order valence-corrected chi connectivity index (χ0v) is 10.4. The van der Waals surface area contributed by atoms with Crippen LogP contribution in [0, 0.1) is 12.8 Å². The van der Waals surface area contributed by atoms with Crippen LogP contribution in [0.5, 0.6) is 0 Å². The molecule has 1 aromatic rings. The molecule has 2 heterocycles. The van der Waals surface area contributed by atoms with Crippen molar-refractivity contribution < 1.29 is 9.53 Å². The van der Waals surface area contributed by atoms with Gasteiger partial charge in [-0.3, -0.25) is 9.48 Å². The lowest BCUT2D eigenvalue weighted by molar-refractivity contribution is -0.126. The lowest BCUT2D eigenvalue weighted by Gasteiger charge is -2.14. The van der Waals surface area contributed by atoms with Crippen molar-refractivity contribution in [3.8, 4) is 0 Å². The van der Waals surface area contributed by atoms with Crippen LogP contribution in [0.3, 0.4) is 0 Å². The Hall–Kier alpha value is -1.56. The highest BCUT2D eigenvalue weighted by Gasteiger charge is 2.31. The van der Waals surface area contributed by atoms with Gasteiger partial charge in [0.15, 0.2) is 5.82 Å². The Labute approximate surface area is 100 Å². The zero-order valence-electron chi connectivity index (χ0n) is 10.4. The fourth-order valence-corrected chi connectivity index (χ4v) is 2.04. The van der Waals surface area contributed by atoms with Crippen molar-refractivity contribution in [3.63, 3.8) is 0 Å². The molecule has 0 spiro atoms. The number of carbonyl (C=O) groups is 1. The average molecular weight is 238 g/mol. The summed E-state index contributed by atoms with van der Waals surface area (Å²) in [7, 11) is 1.75. The molecular weight excluding hydrogens is 220 g/mol. The van der Waals surface area contributed by atoms with E-state index in [4.69, 9.17) is 10.5 Å². The van der Waals surface area contributed by atoms with Gasteiger partial charge in [-0.25, -0.2) is 0 Å². The van der Waals surface area contributed by atoms with Crippen molar-refractivity contribution in [2.45, 2.75) is 26.4 Å². The second-order valence-corrected chi connectivity index (χ2v) is 4.52. The van der Waals surface area contributed by atoms with Crippen LogP contribution in [0.4, 0.5) is 11.5 Å². The van der Waals surface area contributed by atoms with E-state index in [1.807, 2.05) is 6.92 Å². The number of anilines is 2. The number of aromatic nitrogens is 2. The Kier molecular flexibility index (Phi) is 3.06. The number of carbonyl (C=O) groups excluding carboxylic acids is 1. The molecule has 1 saturated heterocycles. The lowest BCUT2D eigenvalue weighted by atomic mass is 10.0. The first-order valence-corrected chi connectivity index (χ1v) is 5.72. The lowest BCUT2D eigenvalue weighted by Crippen LogP contribution is -2.32. The van der Waals surface area contributed by atoms with E-state index in [-0.39, 0.29) is 17.9 Å². The summed E-state index contributed by atoms with van der Waals surface area (Å²) in [5.41, 5.74) is 7.06. The molecule has 1 fully saturated rings. The van der Waals surface area contributed by atoms with Crippen LogP contribution >= 0.6 is 0 Å². The molecule has 6 nitrogen and oxygen atoms in total. The minimum Gasteiger partial charge on any atom is -0.394 e. The van der Waals surface area contributed by atoms with Gasteiger partial charge >= 0.3 is 0 Å². The highest BCUT2D eigenvalue weighted by Crippen LogP contribution is 2.24. The number of nitrogens with one attached hydrogen (secondary N) is 1. The Morgan fingerprint density at radius 3 is 2.82 bits per heavy atom. The second kappa shape index (κ2) is 4.37. The monoisotopic (exact) mass is 238 g/mol. The van der Waals surface area contributed by atoms with E-state index in [0.717, 1.165) is 6.42 Å². The number of rotatable bonds is 2. The predicted molar refractivity (Wildman–Crippen MR) is 64.5 cm³/mol. The zero-order chi connectivity index (χ0) is 12.6. The van der Waals surface area contributed by atoms with Crippen molar-refractivity contribution in [2.24, 2.45) is 13.0 Å². The van der Waals surface area contributed by atoms with Gasteiger partial charge in [0.1, 0.15) is 6.10 Å². The highest BCUT2D eigenvalue weighted by molar-refractivity contribution is 5.96. The predicted octanol–water partition coefficient (Wildman–Crippen LogP) is 0.674. The van der Waals surface area contributed by atoms with Crippen LogP contribution in [-0.4, -0.2) is 28.4 Å². The van der Waals surface area contributed by atoms with Crippen molar-refractivity contribution in [1.29, 1.82) is 0 Å². The van der Waals surface area contributed by atoms with Gasteiger partial charge in [-0.05, 0) is 19.3 Å². The molecule has 2 atom stereocenters. The average Bonchev–Trinajstić information content (AvgIpc) is 2.78. The number of nitrogens with two attached hydrogens (primary N) is 1. The number of amides is 1. The summed E-state index contributed by atoms with van der Waals surface area (Å²) < 4.78 is 6.97. The molecule has 0 saturated carbocycles. The molecule has 2 unspecified atom stereocenters. The Morgan fingerprint density at radius 1 is 1.65 bits per heavy atom. The normalized spacial score (nSPS) is 23.9. The van der Waals surface area contributed by atoms with Gasteiger partial charge in [0, 0.05) is 13.7 Å². The van der Waals surface area contributed by atoms with Crippen LogP contribution in [0.25, 0.3) is 0 Å². The summed E-state index contributed by atoms with van der Waals surface area (Å²) >= 11 is 0. The number of ether oxygens (including phenoxy) is 1. The summed E-state index contributed by atoms with van der Waals surface area (Å²) in [5.74, 6) is 0.630. The van der Waals surface area contributed by atoms with Crippen molar-refractivity contribution in [2.75, 3.05) is 17.7 Å². The van der Waals surface area contributed by atoms with Gasteiger partial charge in [-0.15, -0.1) is 0 Å². The third kappa shape index (κ3) is 2.12. The first-order valence-electron chi connectivity index (χ1n) is 5.72. The molecular formula is C11H18N4O2. The quantitative estimate of drug-likeness (QED) is 0.793. The summed E-state index contributed by atoms with van der Waals surface area (Å²) in [6, 6.07) is 0. The summed E-state index contributed by atoms with van der Waals surface area (Å²) in [6.45, 7) is 4.45. The van der Waals surface area contributed by atoms with Gasteiger partial charge in [-0.1, -0.05) is 6.92 Å². The van der Waals surface area contributed by atoms with Crippen LogP contribution in [0.15, 0.2) is 0 Å². The van der Waals surface area contributed by atoms with Crippen molar-refractivity contribution >= 4 is 17.4 Å². The molecule has 0 bridgehead atoms. The number of hydrogen-bond donors (Lipinski definition) is 2. The summed E-state index contributed by atoms with van der Waals surface area (Å²) in [5, 5.41) is 6.93. The van der Waals surface area contributed by atoms with Crippen LogP contribution in [0.2, 0.25) is 0 Å². The maximum absolute atomic E-state index is 12.0. The van der Waals surface area contributed by atoms with E-state index in [2.05, 4.69) is 10.4 Å². The van der Waals surface area contributed by atoms with Gasteiger partial charge in [0.2, 0.25) is 0 Å². The van der Waals surface area contributed by atoms with Crippen molar-refractivity contribution in [3.05, 3.63) is 5.69 Å². The van der Waals surface area contributed by atoms with Gasteiger partial charge in [0.25, 0.3) is 5.91 Å². The molecule has 1 aliphatic heterocycles.